The highest BCUT2D eigenvalue weighted by Gasteiger charge is 2.42. The van der Waals surface area contributed by atoms with Crippen LogP contribution in [0.4, 0.5) is 0 Å². The van der Waals surface area contributed by atoms with Crippen molar-refractivity contribution in [3.63, 3.8) is 0 Å². The van der Waals surface area contributed by atoms with E-state index in [0.717, 1.165) is 11.5 Å². The highest BCUT2D eigenvalue weighted by Crippen LogP contribution is 2.57. The van der Waals surface area contributed by atoms with Crippen molar-refractivity contribution in [2.24, 2.45) is 0 Å². The van der Waals surface area contributed by atoms with E-state index in [1.165, 1.54) is 75.3 Å². The Morgan fingerprint density at radius 2 is 0.919 bits per heavy atom. The first-order valence-corrected chi connectivity index (χ1v) is 17.0. The summed E-state index contributed by atoms with van der Waals surface area (Å²) in [5, 5.41) is 0. The number of nitrogens with zero attached hydrogens (tertiary/aromatic N) is 1. The van der Waals surface area contributed by atoms with Gasteiger partial charge in [-0.1, -0.05) is 104 Å². The van der Waals surface area contributed by atoms with Gasteiger partial charge in [-0.05, 0) is 71.9 Å². The van der Waals surface area contributed by atoms with E-state index < -0.39 is 6.64 Å². The lowest BCUT2D eigenvalue weighted by Gasteiger charge is -2.45. The Bertz CT molecular complexity index is 959. The van der Waals surface area contributed by atoms with Crippen molar-refractivity contribution in [2.45, 2.75) is 129 Å². The van der Waals surface area contributed by atoms with Crippen molar-refractivity contribution in [1.82, 2.24) is 4.67 Å². The molecule has 2 aromatic rings. The molecule has 204 valence electrons. The molecule has 2 aliphatic rings. The summed E-state index contributed by atoms with van der Waals surface area (Å²) in [5.74, 6) is 1.64. The standard InChI is InChI=1S/C32H48NO2PS/c1-31(2,3)25-17-21-29(22-18-25)34-36(37,35-30-23-19-26(20-24-30)32(4,5)6)33(27-13-9-7-10-14-27)28-15-11-8-12-16-28/h17-24,27-28H,7-16H2,1-6H3. The van der Waals surface area contributed by atoms with Crippen molar-refractivity contribution in [3.8, 4) is 11.5 Å². The SMILES string of the molecule is CC(C)(C)c1ccc(OP(=S)(Oc2ccc(C(C)(C)C)cc2)N(C2CCCCC2)C2CCCCC2)cc1. The third kappa shape index (κ3) is 7.40. The molecule has 0 N–H and O–H groups in total. The van der Waals surface area contributed by atoms with Gasteiger partial charge in [0.25, 0.3) is 0 Å². The molecular weight excluding hydrogens is 493 g/mol. The van der Waals surface area contributed by atoms with Gasteiger partial charge in [-0.25, -0.2) is 4.67 Å². The predicted octanol–water partition coefficient (Wildman–Crippen LogP) is 9.93. The molecule has 0 bridgehead atoms. The summed E-state index contributed by atoms with van der Waals surface area (Å²) in [4.78, 5) is 0. The zero-order valence-corrected chi connectivity index (χ0v) is 25.7. The lowest BCUT2D eigenvalue weighted by molar-refractivity contribution is 0.152. The fraction of sp³-hybridized carbons (Fsp3) is 0.625. The first-order valence-electron chi connectivity index (χ1n) is 14.4. The van der Waals surface area contributed by atoms with Crippen molar-refractivity contribution < 1.29 is 9.05 Å². The summed E-state index contributed by atoms with van der Waals surface area (Å²) >= 11 is 6.55. The monoisotopic (exact) mass is 541 g/mol. The van der Waals surface area contributed by atoms with Gasteiger partial charge in [-0.15, -0.1) is 0 Å². The van der Waals surface area contributed by atoms with Gasteiger partial charge in [0.05, 0.1) is 0 Å². The third-order valence-corrected chi connectivity index (χ3v) is 11.2. The Morgan fingerprint density at radius 1 is 0.595 bits per heavy atom. The summed E-state index contributed by atoms with van der Waals surface area (Å²) in [5.41, 5.74) is 2.78. The summed E-state index contributed by atoms with van der Waals surface area (Å²) < 4.78 is 16.3. The maximum Gasteiger partial charge on any atom is 0.368 e. The molecule has 0 spiro atoms. The summed E-state index contributed by atoms with van der Waals surface area (Å²) in [7, 11) is 0. The summed E-state index contributed by atoms with van der Waals surface area (Å²) in [6, 6.07) is 18.0. The van der Waals surface area contributed by atoms with Gasteiger partial charge in [-0.3, -0.25) is 0 Å². The Labute approximate surface area is 231 Å². The maximum atomic E-state index is 6.87. The topological polar surface area (TPSA) is 21.7 Å². The number of hydrogen-bond donors (Lipinski definition) is 0. The molecule has 0 atom stereocenters. The summed E-state index contributed by atoms with van der Waals surface area (Å²) in [6.45, 7) is 10.6. The number of benzene rings is 2. The van der Waals surface area contributed by atoms with Crippen molar-refractivity contribution in [3.05, 3.63) is 59.7 Å². The summed E-state index contributed by atoms with van der Waals surface area (Å²) in [6.07, 6.45) is 12.5. The van der Waals surface area contributed by atoms with E-state index in [9.17, 15) is 0 Å². The van der Waals surface area contributed by atoms with Crippen LogP contribution in [0.15, 0.2) is 48.5 Å². The van der Waals surface area contributed by atoms with Crippen LogP contribution in [-0.4, -0.2) is 16.8 Å². The van der Waals surface area contributed by atoms with Gasteiger partial charge in [0.2, 0.25) is 0 Å². The fourth-order valence-corrected chi connectivity index (χ4v) is 9.38. The Balaban J connectivity index is 1.71. The zero-order chi connectivity index (χ0) is 26.7. The Hall–Kier alpha value is -1.35. The van der Waals surface area contributed by atoms with Crippen LogP contribution < -0.4 is 9.05 Å². The van der Waals surface area contributed by atoms with Crippen LogP contribution in [-0.2, 0) is 22.6 Å². The van der Waals surface area contributed by atoms with Crippen LogP contribution >= 0.6 is 6.64 Å². The van der Waals surface area contributed by atoms with Crippen LogP contribution in [0, 0.1) is 0 Å². The smallest absolute Gasteiger partial charge is 0.368 e. The van der Waals surface area contributed by atoms with E-state index in [2.05, 4.69) is 94.7 Å². The molecule has 2 saturated carbocycles. The van der Waals surface area contributed by atoms with Gasteiger partial charge in [-0.2, -0.15) is 0 Å². The van der Waals surface area contributed by atoms with Crippen molar-refractivity contribution in [2.75, 3.05) is 0 Å². The van der Waals surface area contributed by atoms with E-state index in [0.29, 0.717) is 12.1 Å². The van der Waals surface area contributed by atoms with Crippen LogP contribution in [0.25, 0.3) is 0 Å². The second-order valence-corrected chi connectivity index (χ2v) is 16.3. The second kappa shape index (κ2) is 11.8. The van der Waals surface area contributed by atoms with Crippen LogP contribution in [0.2, 0.25) is 0 Å². The molecule has 0 radical (unpaired) electrons. The van der Waals surface area contributed by atoms with Crippen LogP contribution in [0.1, 0.15) is 117 Å². The van der Waals surface area contributed by atoms with E-state index in [-0.39, 0.29) is 10.8 Å². The zero-order valence-electron chi connectivity index (χ0n) is 24.0. The molecule has 2 fully saturated rings. The molecule has 37 heavy (non-hydrogen) atoms. The van der Waals surface area contributed by atoms with Crippen LogP contribution in [0.3, 0.4) is 0 Å². The average molecular weight is 542 g/mol. The lowest BCUT2D eigenvalue weighted by Crippen LogP contribution is -2.44. The third-order valence-electron chi connectivity index (χ3n) is 8.06. The number of hydrogen-bond acceptors (Lipinski definition) is 3. The molecule has 2 aromatic carbocycles. The highest BCUT2D eigenvalue weighted by molar-refractivity contribution is 8.09. The van der Waals surface area contributed by atoms with E-state index in [1.807, 2.05) is 0 Å². The van der Waals surface area contributed by atoms with Gasteiger partial charge in [0.15, 0.2) is 0 Å². The van der Waals surface area contributed by atoms with Gasteiger partial charge >= 0.3 is 6.64 Å². The first kappa shape index (κ1) is 28.7. The lowest BCUT2D eigenvalue weighted by atomic mass is 9.87. The van der Waals surface area contributed by atoms with Crippen LogP contribution in [0.5, 0.6) is 11.5 Å². The first-order chi connectivity index (χ1) is 17.5. The molecule has 0 aliphatic heterocycles. The molecule has 0 heterocycles. The van der Waals surface area contributed by atoms with Gasteiger partial charge < -0.3 is 9.05 Å². The minimum Gasteiger partial charge on any atom is -0.424 e. The maximum absolute atomic E-state index is 6.87. The van der Waals surface area contributed by atoms with Crippen molar-refractivity contribution in [1.29, 1.82) is 0 Å². The molecule has 0 aromatic heterocycles. The molecule has 0 unspecified atom stereocenters. The Morgan fingerprint density at radius 3 is 1.22 bits per heavy atom. The minimum absolute atomic E-state index is 0.0975. The van der Waals surface area contributed by atoms with E-state index >= 15 is 0 Å². The molecule has 0 saturated heterocycles. The van der Waals surface area contributed by atoms with E-state index in [1.54, 1.807) is 0 Å². The molecule has 2 aliphatic carbocycles. The van der Waals surface area contributed by atoms with E-state index in [4.69, 9.17) is 20.9 Å². The second-order valence-electron chi connectivity index (χ2n) is 13.2. The minimum atomic E-state index is -2.86. The normalized spacial score (nSPS) is 18.7. The van der Waals surface area contributed by atoms with Gasteiger partial charge in [0, 0.05) is 23.9 Å². The predicted molar refractivity (Wildman–Crippen MR) is 161 cm³/mol. The largest absolute Gasteiger partial charge is 0.424 e. The Kier molecular flexibility index (Phi) is 9.14. The molecule has 4 rings (SSSR count). The fourth-order valence-electron chi connectivity index (χ4n) is 5.80. The number of rotatable bonds is 7. The molecule has 5 heteroatoms. The molecule has 0 amide bonds. The average Bonchev–Trinajstić information content (AvgIpc) is 2.85. The molecule has 3 nitrogen and oxygen atoms in total. The van der Waals surface area contributed by atoms with Crippen molar-refractivity contribution >= 4 is 18.4 Å². The highest BCUT2D eigenvalue weighted by atomic mass is 32.5. The molecular formula is C32H48NO2PS. The quantitative estimate of drug-likeness (QED) is 0.325. The van der Waals surface area contributed by atoms with Gasteiger partial charge in [0.1, 0.15) is 11.5 Å².